The summed E-state index contributed by atoms with van der Waals surface area (Å²) in [6.45, 7) is 0. The third-order valence-corrected chi connectivity index (χ3v) is 2.47. The lowest BCUT2D eigenvalue weighted by atomic mass is 10.2. The summed E-state index contributed by atoms with van der Waals surface area (Å²) < 4.78 is 1.39. The molecule has 1 aromatic carbocycles. The molecule has 2 rings (SSSR count). The SMILES string of the molecule is CN(C)c1ccc(-n2ccc(=O)[nH]c2=O)cc1. The van der Waals surface area contributed by atoms with E-state index in [1.807, 2.05) is 43.3 Å². The summed E-state index contributed by atoms with van der Waals surface area (Å²) in [4.78, 5) is 26.7. The molecule has 0 aliphatic carbocycles. The molecule has 0 fully saturated rings. The standard InChI is InChI=1S/C12H13N3O2/c1-14(2)9-3-5-10(6-4-9)15-8-7-11(16)13-12(15)17/h3-8H,1-2H3,(H,13,16,17). The number of aromatic amines is 1. The largest absolute Gasteiger partial charge is 0.378 e. The van der Waals surface area contributed by atoms with E-state index in [-0.39, 0.29) is 0 Å². The Morgan fingerprint density at radius 2 is 1.71 bits per heavy atom. The van der Waals surface area contributed by atoms with Gasteiger partial charge in [0.1, 0.15) is 0 Å². The molecule has 0 unspecified atom stereocenters. The normalized spacial score (nSPS) is 10.2. The Morgan fingerprint density at radius 3 is 2.24 bits per heavy atom. The summed E-state index contributed by atoms with van der Waals surface area (Å²) >= 11 is 0. The van der Waals surface area contributed by atoms with Gasteiger partial charge in [0.05, 0.1) is 5.69 Å². The van der Waals surface area contributed by atoms with Crippen LogP contribution in [0.4, 0.5) is 5.69 Å². The van der Waals surface area contributed by atoms with Gasteiger partial charge in [-0.3, -0.25) is 14.3 Å². The highest BCUT2D eigenvalue weighted by molar-refractivity contribution is 5.49. The predicted octanol–water partition coefficient (Wildman–Crippen LogP) is 0.592. The van der Waals surface area contributed by atoms with E-state index in [0.717, 1.165) is 11.4 Å². The molecule has 0 amide bonds. The van der Waals surface area contributed by atoms with E-state index < -0.39 is 11.2 Å². The number of rotatable bonds is 2. The van der Waals surface area contributed by atoms with Crippen molar-refractivity contribution in [2.45, 2.75) is 0 Å². The fraction of sp³-hybridized carbons (Fsp3) is 0.167. The molecule has 1 aromatic heterocycles. The van der Waals surface area contributed by atoms with Gasteiger partial charge < -0.3 is 4.90 Å². The van der Waals surface area contributed by atoms with Crippen LogP contribution in [0, 0.1) is 0 Å². The van der Waals surface area contributed by atoms with Gasteiger partial charge in [0.15, 0.2) is 0 Å². The van der Waals surface area contributed by atoms with Crippen LogP contribution >= 0.6 is 0 Å². The van der Waals surface area contributed by atoms with Crippen molar-refractivity contribution in [3.05, 3.63) is 57.4 Å². The molecule has 0 bridgehead atoms. The average Bonchev–Trinajstić information content (AvgIpc) is 2.29. The molecule has 5 heteroatoms. The van der Waals surface area contributed by atoms with E-state index in [0.29, 0.717) is 0 Å². The summed E-state index contributed by atoms with van der Waals surface area (Å²) in [5.41, 5.74) is 0.939. The fourth-order valence-corrected chi connectivity index (χ4v) is 1.53. The lowest BCUT2D eigenvalue weighted by molar-refractivity contribution is 0.896. The Hall–Kier alpha value is -2.30. The molecule has 5 nitrogen and oxygen atoms in total. The van der Waals surface area contributed by atoms with E-state index in [9.17, 15) is 9.59 Å². The summed E-state index contributed by atoms with van der Waals surface area (Å²) in [7, 11) is 3.89. The first kappa shape index (κ1) is 11.2. The molecule has 0 saturated carbocycles. The molecule has 0 aliphatic rings. The van der Waals surface area contributed by atoms with Crippen molar-refractivity contribution in [1.29, 1.82) is 0 Å². The zero-order chi connectivity index (χ0) is 12.4. The molecule has 88 valence electrons. The number of hydrogen-bond acceptors (Lipinski definition) is 3. The van der Waals surface area contributed by atoms with E-state index in [4.69, 9.17) is 0 Å². The van der Waals surface area contributed by atoms with Gasteiger partial charge in [0.25, 0.3) is 5.56 Å². The first-order valence-electron chi connectivity index (χ1n) is 5.18. The Balaban J connectivity index is 2.47. The number of nitrogens with zero attached hydrogens (tertiary/aromatic N) is 2. The van der Waals surface area contributed by atoms with Crippen LogP contribution in [0.15, 0.2) is 46.1 Å². The smallest absolute Gasteiger partial charge is 0.332 e. The van der Waals surface area contributed by atoms with Gasteiger partial charge in [-0.2, -0.15) is 0 Å². The van der Waals surface area contributed by atoms with Crippen LogP contribution in [-0.2, 0) is 0 Å². The van der Waals surface area contributed by atoms with Crippen LogP contribution < -0.4 is 16.1 Å². The Kier molecular flexibility index (Phi) is 2.82. The van der Waals surface area contributed by atoms with Gasteiger partial charge in [-0.1, -0.05) is 0 Å². The van der Waals surface area contributed by atoms with Gasteiger partial charge in [0, 0.05) is 32.0 Å². The lowest BCUT2D eigenvalue weighted by Crippen LogP contribution is -2.27. The highest BCUT2D eigenvalue weighted by Gasteiger charge is 2.00. The van der Waals surface area contributed by atoms with Gasteiger partial charge in [-0.15, -0.1) is 0 Å². The molecule has 17 heavy (non-hydrogen) atoms. The number of H-pyrrole nitrogens is 1. The van der Waals surface area contributed by atoms with Crippen molar-refractivity contribution in [3.63, 3.8) is 0 Å². The second kappa shape index (κ2) is 4.29. The second-order valence-electron chi connectivity index (χ2n) is 3.89. The monoisotopic (exact) mass is 231 g/mol. The third kappa shape index (κ3) is 2.28. The predicted molar refractivity (Wildman–Crippen MR) is 67.0 cm³/mol. The molecule has 2 aromatic rings. The van der Waals surface area contributed by atoms with Crippen LogP contribution in [0.5, 0.6) is 0 Å². The number of nitrogens with one attached hydrogen (secondary N) is 1. The van der Waals surface area contributed by atoms with Crippen LogP contribution in [0.3, 0.4) is 0 Å². The van der Waals surface area contributed by atoms with Crippen molar-refractivity contribution in [3.8, 4) is 5.69 Å². The number of aromatic nitrogens is 2. The molecular weight excluding hydrogens is 218 g/mol. The van der Waals surface area contributed by atoms with Gasteiger partial charge >= 0.3 is 5.69 Å². The van der Waals surface area contributed by atoms with Crippen molar-refractivity contribution in [1.82, 2.24) is 9.55 Å². The minimum absolute atomic E-state index is 0.392. The minimum Gasteiger partial charge on any atom is -0.378 e. The number of benzene rings is 1. The molecule has 0 aliphatic heterocycles. The molecule has 0 saturated heterocycles. The lowest BCUT2D eigenvalue weighted by Gasteiger charge is -2.13. The van der Waals surface area contributed by atoms with Crippen LogP contribution in [0.1, 0.15) is 0 Å². The zero-order valence-corrected chi connectivity index (χ0v) is 9.68. The van der Waals surface area contributed by atoms with E-state index in [1.165, 1.54) is 16.8 Å². The topological polar surface area (TPSA) is 58.1 Å². The van der Waals surface area contributed by atoms with Gasteiger partial charge in [-0.25, -0.2) is 4.79 Å². The third-order valence-electron chi connectivity index (χ3n) is 2.47. The minimum atomic E-state index is -0.435. The molecule has 1 heterocycles. The maximum Gasteiger partial charge on any atom is 0.332 e. The molecule has 0 radical (unpaired) electrons. The summed E-state index contributed by atoms with van der Waals surface area (Å²) in [5, 5.41) is 0. The van der Waals surface area contributed by atoms with Crippen LogP contribution in [0.25, 0.3) is 5.69 Å². The van der Waals surface area contributed by atoms with Crippen molar-refractivity contribution in [2.24, 2.45) is 0 Å². The molecule has 0 atom stereocenters. The Bertz CT molecular complexity index is 623. The van der Waals surface area contributed by atoms with E-state index >= 15 is 0 Å². The summed E-state index contributed by atoms with van der Waals surface area (Å²) in [5.74, 6) is 0. The van der Waals surface area contributed by atoms with Crippen LogP contribution in [0.2, 0.25) is 0 Å². The summed E-state index contributed by atoms with van der Waals surface area (Å²) in [6, 6.07) is 8.80. The first-order chi connectivity index (χ1) is 8.08. The number of hydrogen-bond donors (Lipinski definition) is 1. The highest BCUT2D eigenvalue weighted by atomic mass is 16.2. The van der Waals surface area contributed by atoms with E-state index in [2.05, 4.69) is 4.98 Å². The highest BCUT2D eigenvalue weighted by Crippen LogP contribution is 2.13. The van der Waals surface area contributed by atoms with Crippen molar-refractivity contribution in [2.75, 3.05) is 19.0 Å². The van der Waals surface area contributed by atoms with Crippen molar-refractivity contribution >= 4 is 5.69 Å². The van der Waals surface area contributed by atoms with Crippen molar-refractivity contribution < 1.29 is 0 Å². The maximum atomic E-state index is 11.6. The molecular formula is C12H13N3O2. The fourth-order valence-electron chi connectivity index (χ4n) is 1.53. The zero-order valence-electron chi connectivity index (χ0n) is 9.68. The van der Waals surface area contributed by atoms with E-state index in [1.54, 1.807) is 0 Å². The number of anilines is 1. The first-order valence-corrected chi connectivity index (χ1v) is 5.18. The molecule has 1 N–H and O–H groups in total. The second-order valence-corrected chi connectivity index (χ2v) is 3.89. The van der Waals surface area contributed by atoms with Crippen LogP contribution in [-0.4, -0.2) is 23.6 Å². The summed E-state index contributed by atoms with van der Waals surface area (Å²) in [6.07, 6.45) is 1.46. The van der Waals surface area contributed by atoms with Gasteiger partial charge in [-0.05, 0) is 24.3 Å². The Morgan fingerprint density at radius 1 is 1.06 bits per heavy atom. The maximum absolute atomic E-state index is 11.6. The van der Waals surface area contributed by atoms with Gasteiger partial charge in [0.2, 0.25) is 0 Å². The molecule has 0 spiro atoms. The quantitative estimate of drug-likeness (QED) is 0.823. The average molecular weight is 231 g/mol. The Labute approximate surface area is 98.0 Å².